The molecule has 32 heavy (non-hydrogen) atoms. The Balaban J connectivity index is 1.57. The van der Waals surface area contributed by atoms with E-state index in [0.29, 0.717) is 6.42 Å². The minimum Gasteiger partial charge on any atom is -0.497 e. The summed E-state index contributed by atoms with van der Waals surface area (Å²) in [4.78, 5) is 22.0. The average Bonchev–Trinajstić information content (AvgIpc) is 3.29. The minimum absolute atomic E-state index is 0.0159. The lowest BCUT2D eigenvalue weighted by Crippen LogP contribution is -2.27. The van der Waals surface area contributed by atoms with Crippen LogP contribution in [0.3, 0.4) is 0 Å². The molecular formula is C25H19FN4O2. The number of rotatable bonds is 4. The predicted octanol–water partition coefficient (Wildman–Crippen LogP) is 4.77. The van der Waals surface area contributed by atoms with Crippen LogP contribution in [0.15, 0.2) is 84.2 Å². The molecule has 1 amide bonds. The van der Waals surface area contributed by atoms with Crippen LogP contribution in [0.4, 0.5) is 4.39 Å². The van der Waals surface area contributed by atoms with Crippen molar-refractivity contribution in [3.05, 3.63) is 102 Å². The molecule has 0 saturated heterocycles. The standard InChI is InChI=1S/C25H19FN4O2/c1-32-18-9-6-16(7-10-18)22-15-24(17-8-11-21-23(14-17)28-13-12-27-21)30(29-22)25(31)19-4-2-3-5-20(19)26/h2-14,24H,15H2,1H3/t24-/m0/s1. The number of fused-ring (bicyclic) bond motifs is 1. The van der Waals surface area contributed by atoms with Crippen LogP contribution in [-0.4, -0.2) is 33.7 Å². The van der Waals surface area contributed by atoms with Gasteiger partial charge in [0.25, 0.3) is 5.91 Å². The summed E-state index contributed by atoms with van der Waals surface area (Å²) in [6.45, 7) is 0. The molecule has 0 aliphatic carbocycles. The normalized spacial score (nSPS) is 15.6. The van der Waals surface area contributed by atoms with E-state index in [2.05, 4.69) is 15.1 Å². The highest BCUT2D eigenvalue weighted by atomic mass is 19.1. The second kappa shape index (κ2) is 8.19. The van der Waals surface area contributed by atoms with Crippen LogP contribution in [0, 0.1) is 5.82 Å². The second-order valence-corrected chi connectivity index (χ2v) is 7.43. The molecule has 4 aromatic rings. The van der Waals surface area contributed by atoms with Crippen molar-refractivity contribution in [2.75, 3.05) is 7.11 Å². The number of methoxy groups -OCH3 is 1. The van der Waals surface area contributed by atoms with Crippen molar-refractivity contribution in [2.24, 2.45) is 5.10 Å². The van der Waals surface area contributed by atoms with Gasteiger partial charge in [0.1, 0.15) is 11.6 Å². The number of nitrogens with zero attached hydrogens (tertiary/aromatic N) is 4. The van der Waals surface area contributed by atoms with Gasteiger partial charge in [0.05, 0.1) is 35.5 Å². The number of ether oxygens (including phenoxy) is 1. The molecule has 0 radical (unpaired) electrons. The molecule has 0 bridgehead atoms. The molecule has 2 heterocycles. The lowest BCUT2D eigenvalue weighted by Gasteiger charge is -2.22. The molecule has 0 saturated carbocycles. The number of hydrazone groups is 1. The van der Waals surface area contributed by atoms with Crippen LogP contribution in [-0.2, 0) is 0 Å². The van der Waals surface area contributed by atoms with Crippen LogP contribution in [0.2, 0.25) is 0 Å². The highest BCUT2D eigenvalue weighted by molar-refractivity contribution is 6.05. The summed E-state index contributed by atoms with van der Waals surface area (Å²) in [5.41, 5.74) is 3.94. The maximum absolute atomic E-state index is 14.4. The van der Waals surface area contributed by atoms with E-state index < -0.39 is 17.8 Å². The molecule has 6 nitrogen and oxygen atoms in total. The first-order valence-corrected chi connectivity index (χ1v) is 10.1. The van der Waals surface area contributed by atoms with Gasteiger partial charge in [-0.3, -0.25) is 14.8 Å². The third-order valence-corrected chi connectivity index (χ3v) is 5.52. The predicted molar refractivity (Wildman–Crippen MR) is 119 cm³/mol. The van der Waals surface area contributed by atoms with Gasteiger partial charge in [-0.2, -0.15) is 5.10 Å². The number of aromatic nitrogens is 2. The third kappa shape index (κ3) is 3.58. The lowest BCUT2D eigenvalue weighted by atomic mass is 9.97. The maximum atomic E-state index is 14.4. The van der Waals surface area contributed by atoms with Gasteiger partial charge in [0, 0.05) is 18.8 Å². The Morgan fingerprint density at radius 3 is 2.50 bits per heavy atom. The lowest BCUT2D eigenvalue weighted by molar-refractivity contribution is 0.0706. The molecule has 1 atom stereocenters. The molecule has 0 fully saturated rings. The first-order valence-electron chi connectivity index (χ1n) is 10.1. The molecule has 3 aromatic carbocycles. The zero-order valence-corrected chi connectivity index (χ0v) is 17.3. The van der Waals surface area contributed by atoms with Crippen LogP contribution >= 0.6 is 0 Å². The van der Waals surface area contributed by atoms with Gasteiger partial charge in [-0.05, 0) is 59.7 Å². The van der Waals surface area contributed by atoms with Crippen LogP contribution < -0.4 is 4.74 Å². The molecular weight excluding hydrogens is 407 g/mol. The van der Waals surface area contributed by atoms with Crippen LogP contribution in [0.1, 0.15) is 33.9 Å². The van der Waals surface area contributed by atoms with Crippen molar-refractivity contribution >= 4 is 22.7 Å². The summed E-state index contributed by atoms with van der Waals surface area (Å²) in [5, 5.41) is 6.00. The second-order valence-electron chi connectivity index (χ2n) is 7.43. The summed E-state index contributed by atoms with van der Waals surface area (Å²) >= 11 is 0. The Morgan fingerprint density at radius 2 is 1.75 bits per heavy atom. The van der Waals surface area contributed by atoms with Gasteiger partial charge in [0.15, 0.2) is 0 Å². The average molecular weight is 426 g/mol. The van der Waals surface area contributed by atoms with Crippen molar-refractivity contribution in [2.45, 2.75) is 12.5 Å². The fraction of sp³-hybridized carbons (Fsp3) is 0.120. The summed E-state index contributed by atoms with van der Waals surface area (Å²) in [6.07, 6.45) is 3.75. The molecule has 1 aliphatic rings. The molecule has 0 N–H and O–H groups in total. The van der Waals surface area contributed by atoms with Gasteiger partial charge >= 0.3 is 0 Å². The van der Waals surface area contributed by atoms with Gasteiger partial charge < -0.3 is 4.74 Å². The van der Waals surface area contributed by atoms with E-state index in [9.17, 15) is 9.18 Å². The largest absolute Gasteiger partial charge is 0.497 e. The Bertz CT molecular complexity index is 1340. The van der Waals surface area contributed by atoms with E-state index in [-0.39, 0.29) is 5.56 Å². The quantitative estimate of drug-likeness (QED) is 0.472. The van der Waals surface area contributed by atoms with Crippen molar-refractivity contribution < 1.29 is 13.9 Å². The number of hydrogen-bond acceptors (Lipinski definition) is 5. The molecule has 1 aromatic heterocycles. The number of carbonyl (C=O) groups is 1. The van der Waals surface area contributed by atoms with E-state index >= 15 is 0 Å². The third-order valence-electron chi connectivity index (χ3n) is 5.52. The number of carbonyl (C=O) groups excluding carboxylic acids is 1. The molecule has 0 unspecified atom stereocenters. The Morgan fingerprint density at radius 1 is 1.00 bits per heavy atom. The maximum Gasteiger partial charge on any atom is 0.277 e. The van der Waals surface area contributed by atoms with E-state index in [1.807, 2.05) is 42.5 Å². The SMILES string of the molecule is COc1ccc(C2=NN(C(=O)c3ccccc3F)[C@H](c3ccc4nccnc4c3)C2)cc1. The Kier molecular flexibility index (Phi) is 5.07. The smallest absolute Gasteiger partial charge is 0.277 e. The number of amides is 1. The Labute approximate surface area is 184 Å². The van der Waals surface area contributed by atoms with Crippen molar-refractivity contribution in [3.63, 3.8) is 0 Å². The van der Waals surface area contributed by atoms with Gasteiger partial charge in [-0.15, -0.1) is 0 Å². The van der Waals surface area contributed by atoms with Crippen molar-refractivity contribution in [3.8, 4) is 5.75 Å². The molecule has 5 rings (SSSR count). The number of benzene rings is 3. The van der Waals surface area contributed by atoms with Gasteiger partial charge in [-0.25, -0.2) is 9.40 Å². The monoisotopic (exact) mass is 426 g/mol. The molecule has 7 heteroatoms. The molecule has 158 valence electrons. The van der Waals surface area contributed by atoms with Crippen molar-refractivity contribution in [1.82, 2.24) is 15.0 Å². The molecule has 1 aliphatic heterocycles. The first kappa shape index (κ1) is 19.8. The molecule has 0 spiro atoms. The fourth-order valence-corrected chi connectivity index (χ4v) is 3.86. The number of halogens is 1. The number of hydrogen-bond donors (Lipinski definition) is 0. The van der Waals surface area contributed by atoms with Crippen LogP contribution in [0.25, 0.3) is 11.0 Å². The topological polar surface area (TPSA) is 67.7 Å². The van der Waals surface area contributed by atoms with E-state index in [1.165, 1.54) is 17.1 Å². The summed E-state index contributed by atoms with van der Waals surface area (Å²) in [7, 11) is 1.61. The fourth-order valence-electron chi connectivity index (χ4n) is 3.86. The van der Waals surface area contributed by atoms with E-state index in [0.717, 1.165) is 33.6 Å². The zero-order chi connectivity index (χ0) is 22.1. The van der Waals surface area contributed by atoms with E-state index in [1.54, 1.807) is 31.6 Å². The highest BCUT2D eigenvalue weighted by Crippen LogP contribution is 2.35. The van der Waals surface area contributed by atoms with Gasteiger partial charge in [0.2, 0.25) is 0 Å². The highest BCUT2D eigenvalue weighted by Gasteiger charge is 2.34. The first-order chi connectivity index (χ1) is 15.6. The summed E-state index contributed by atoms with van der Waals surface area (Å²) in [6, 6.07) is 18.7. The minimum atomic E-state index is -0.575. The summed E-state index contributed by atoms with van der Waals surface area (Å²) in [5.74, 6) is -0.333. The van der Waals surface area contributed by atoms with E-state index in [4.69, 9.17) is 4.74 Å². The van der Waals surface area contributed by atoms with Crippen molar-refractivity contribution in [1.29, 1.82) is 0 Å². The zero-order valence-electron chi connectivity index (χ0n) is 17.3. The Hall–Kier alpha value is -4.13. The summed E-state index contributed by atoms with van der Waals surface area (Å²) < 4.78 is 19.6. The van der Waals surface area contributed by atoms with Gasteiger partial charge in [-0.1, -0.05) is 18.2 Å². The van der Waals surface area contributed by atoms with Crippen LogP contribution in [0.5, 0.6) is 5.75 Å².